The molecule has 0 spiro atoms. The predicted molar refractivity (Wildman–Crippen MR) is 72.5 cm³/mol. The van der Waals surface area contributed by atoms with Crippen molar-refractivity contribution in [3.8, 4) is 0 Å². The quantitative estimate of drug-likeness (QED) is 0.809. The first-order valence-electron chi connectivity index (χ1n) is 6.97. The minimum absolute atomic E-state index is 0.179. The van der Waals surface area contributed by atoms with E-state index in [4.69, 9.17) is 4.74 Å². The number of carboxylic acids is 1. The Balaban J connectivity index is 2.21. The van der Waals surface area contributed by atoms with Crippen LogP contribution in [-0.2, 0) is 19.7 Å². The van der Waals surface area contributed by atoms with Crippen molar-refractivity contribution in [2.45, 2.75) is 51.4 Å². The number of nitrogens with zero attached hydrogens (tertiary/aromatic N) is 2. The minimum Gasteiger partial charge on any atom is -0.480 e. The SMILES string of the molecule is CC1CN(S(=O)(=O)N2CCCC[C@@H]2C(=O)O)CC(C)O1. The summed E-state index contributed by atoms with van der Waals surface area (Å²) < 4.78 is 33.4. The van der Waals surface area contributed by atoms with Crippen LogP contribution >= 0.6 is 0 Å². The molecule has 2 heterocycles. The van der Waals surface area contributed by atoms with E-state index in [1.54, 1.807) is 0 Å². The number of carboxylic acid groups (broad SMARTS) is 1. The summed E-state index contributed by atoms with van der Waals surface area (Å²) in [7, 11) is -3.74. The van der Waals surface area contributed by atoms with Crippen molar-refractivity contribution in [1.82, 2.24) is 8.61 Å². The molecule has 2 rings (SSSR count). The summed E-state index contributed by atoms with van der Waals surface area (Å²) in [5.74, 6) is -1.07. The van der Waals surface area contributed by atoms with Gasteiger partial charge in [-0.25, -0.2) is 0 Å². The molecule has 2 aliphatic rings. The normalized spacial score (nSPS) is 34.0. The number of rotatable bonds is 3. The minimum atomic E-state index is -3.74. The van der Waals surface area contributed by atoms with Gasteiger partial charge in [-0.05, 0) is 33.1 Å². The van der Waals surface area contributed by atoms with Gasteiger partial charge >= 0.3 is 5.97 Å². The molecule has 1 N–H and O–H groups in total. The summed E-state index contributed by atoms with van der Waals surface area (Å²) in [5.41, 5.74) is 0. The van der Waals surface area contributed by atoms with Crippen molar-refractivity contribution in [1.29, 1.82) is 0 Å². The zero-order chi connectivity index (χ0) is 14.9. The fourth-order valence-corrected chi connectivity index (χ4v) is 4.87. The maximum atomic E-state index is 12.7. The first-order valence-corrected chi connectivity index (χ1v) is 8.37. The number of morpholine rings is 1. The Morgan fingerprint density at radius 2 is 1.80 bits per heavy atom. The van der Waals surface area contributed by atoms with Crippen molar-refractivity contribution in [2.24, 2.45) is 0 Å². The second kappa shape index (κ2) is 5.97. The van der Waals surface area contributed by atoms with Gasteiger partial charge in [-0.15, -0.1) is 0 Å². The number of carbonyl (C=O) groups is 1. The monoisotopic (exact) mass is 306 g/mol. The number of aliphatic carboxylic acids is 1. The Kier molecular flexibility index (Phi) is 4.68. The van der Waals surface area contributed by atoms with Gasteiger partial charge in [-0.1, -0.05) is 0 Å². The molecule has 8 heteroatoms. The van der Waals surface area contributed by atoms with E-state index in [-0.39, 0.29) is 31.8 Å². The molecule has 2 aliphatic heterocycles. The van der Waals surface area contributed by atoms with E-state index in [9.17, 15) is 18.3 Å². The lowest BCUT2D eigenvalue weighted by Crippen LogP contribution is -2.57. The summed E-state index contributed by atoms with van der Waals surface area (Å²) in [6, 6.07) is -0.942. The molecular weight excluding hydrogens is 284 g/mol. The van der Waals surface area contributed by atoms with E-state index in [0.29, 0.717) is 12.8 Å². The average Bonchev–Trinajstić information content (AvgIpc) is 2.37. The van der Waals surface area contributed by atoms with Crippen LogP contribution < -0.4 is 0 Å². The summed E-state index contributed by atoms with van der Waals surface area (Å²) in [6.45, 7) is 4.47. The van der Waals surface area contributed by atoms with Gasteiger partial charge in [-0.3, -0.25) is 4.79 Å². The molecule has 0 aliphatic carbocycles. The number of hydrogen-bond donors (Lipinski definition) is 1. The van der Waals surface area contributed by atoms with E-state index in [1.807, 2.05) is 13.8 Å². The zero-order valence-corrected chi connectivity index (χ0v) is 12.7. The molecule has 2 saturated heterocycles. The van der Waals surface area contributed by atoms with E-state index in [0.717, 1.165) is 10.7 Å². The Morgan fingerprint density at radius 1 is 1.20 bits per heavy atom. The van der Waals surface area contributed by atoms with Gasteiger partial charge in [0, 0.05) is 19.6 Å². The number of hydrogen-bond acceptors (Lipinski definition) is 4. The highest BCUT2D eigenvalue weighted by atomic mass is 32.2. The maximum Gasteiger partial charge on any atom is 0.322 e. The van der Waals surface area contributed by atoms with Gasteiger partial charge in [0.05, 0.1) is 12.2 Å². The first kappa shape index (κ1) is 15.7. The van der Waals surface area contributed by atoms with Crippen LogP contribution in [0.5, 0.6) is 0 Å². The Hall–Kier alpha value is -0.700. The third kappa shape index (κ3) is 3.13. The molecule has 116 valence electrons. The van der Waals surface area contributed by atoms with Crippen LogP contribution in [0, 0.1) is 0 Å². The molecule has 2 fully saturated rings. The predicted octanol–water partition coefficient (Wildman–Crippen LogP) is 0.280. The molecule has 20 heavy (non-hydrogen) atoms. The summed E-state index contributed by atoms with van der Waals surface area (Å²) in [6.07, 6.45) is 1.48. The topological polar surface area (TPSA) is 87.2 Å². The Bertz CT molecular complexity index is 456. The largest absolute Gasteiger partial charge is 0.480 e. The van der Waals surface area contributed by atoms with Gasteiger partial charge in [0.1, 0.15) is 6.04 Å². The molecular formula is C12H22N2O5S. The zero-order valence-electron chi connectivity index (χ0n) is 11.9. The van der Waals surface area contributed by atoms with Gasteiger partial charge < -0.3 is 9.84 Å². The summed E-state index contributed by atoms with van der Waals surface area (Å²) in [4.78, 5) is 11.3. The highest BCUT2D eigenvalue weighted by Gasteiger charge is 2.42. The van der Waals surface area contributed by atoms with E-state index in [1.165, 1.54) is 4.31 Å². The van der Waals surface area contributed by atoms with Crippen molar-refractivity contribution in [2.75, 3.05) is 19.6 Å². The molecule has 3 atom stereocenters. The van der Waals surface area contributed by atoms with Crippen LogP contribution in [0.25, 0.3) is 0 Å². The molecule has 0 aromatic rings. The van der Waals surface area contributed by atoms with Crippen LogP contribution in [0.15, 0.2) is 0 Å². The first-order chi connectivity index (χ1) is 9.32. The molecule has 0 aromatic heterocycles. The lowest BCUT2D eigenvalue weighted by Gasteiger charge is -2.40. The smallest absolute Gasteiger partial charge is 0.322 e. The van der Waals surface area contributed by atoms with Crippen LogP contribution in [0.4, 0.5) is 0 Å². The van der Waals surface area contributed by atoms with Crippen molar-refractivity contribution in [3.63, 3.8) is 0 Å². The van der Waals surface area contributed by atoms with E-state index < -0.39 is 22.2 Å². The van der Waals surface area contributed by atoms with Gasteiger partial charge in [0.15, 0.2) is 0 Å². The van der Waals surface area contributed by atoms with Gasteiger partial charge in [0.2, 0.25) is 0 Å². The third-order valence-corrected chi connectivity index (χ3v) is 5.73. The Morgan fingerprint density at radius 3 is 2.35 bits per heavy atom. The highest BCUT2D eigenvalue weighted by molar-refractivity contribution is 7.86. The fourth-order valence-electron chi connectivity index (χ4n) is 2.90. The molecule has 7 nitrogen and oxygen atoms in total. The number of ether oxygens (including phenoxy) is 1. The second-order valence-corrected chi connectivity index (χ2v) is 7.42. The van der Waals surface area contributed by atoms with Crippen molar-refractivity contribution < 1.29 is 23.1 Å². The fraction of sp³-hybridized carbons (Fsp3) is 0.917. The maximum absolute atomic E-state index is 12.7. The average molecular weight is 306 g/mol. The van der Waals surface area contributed by atoms with Crippen molar-refractivity contribution >= 4 is 16.2 Å². The molecule has 0 bridgehead atoms. The third-order valence-electron chi connectivity index (χ3n) is 3.75. The lowest BCUT2D eigenvalue weighted by molar-refractivity contribution is -0.142. The van der Waals surface area contributed by atoms with Crippen LogP contribution in [0.3, 0.4) is 0 Å². The van der Waals surface area contributed by atoms with Gasteiger partial charge in [-0.2, -0.15) is 17.0 Å². The standard InChI is InChI=1S/C12H22N2O5S/c1-9-7-13(8-10(2)19-9)20(17,18)14-6-4-3-5-11(14)12(15)16/h9-11H,3-8H2,1-2H3,(H,15,16)/t9?,10?,11-/m1/s1. The van der Waals surface area contributed by atoms with Crippen LogP contribution in [0.2, 0.25) is 0 Å². The summed E-state index contributed by atoms with van der Waals surface area (Å²) >= 11 is 0. The molecule has 0 saturated carbocycles. The lowest BCUT2D eigenvalue weighted by atomic mass is 10.1. The Labute approximate surface area is 119 Å². The van der Waals surface area contributed by atoms with Gasteiger partial charge in [0.25, 0.3) is 10.2 Å². The summed E-state index contributed by atoms with van der Waals surface area (Å²) in [5, 5.41) is 9.23. The molecule has 2 unspecified atom stereocenters. The van der Waals surface area contributed by atoms with Crippen LogP contribution in [-0.4, -0.2) is 66.0 Å². The van der Waals surface area contributed by atoms with Crippen LogP contribution in [0.1, 0.15) is 33.1 Å². The second-order valence-electron chi connectivity index (χ2n) is 5.54. The van der Waals surface area contributed by atoms with E-state index in [2.05, 4.69) is 0 Å². The molecule has 0 amide bonds. The molecule has 0 aromatic carbocycles. The molecule has 0 radical (unpaired) electrons. The van der Waals surface area contributed by atoms with E-state index >= 15 is 0 Å². The number of piperidine rings is 1. The van der Waals surface area contributed by atoms with Crippen molar-refractivity contribution in [3.05, 3.63) is 0 Å². The highest BCUT2D eigenvalue weighted by Crippen LogP contribution is 2.25.